The monoisotopic (exact) mass is 409 g/mol. The Morgan fingerprint density at radius 1 is 0.964 bits per heavy atom. The summed E-state index contributed by atoms with van der Waals surface area (Å²) >= 11 is 3.81. The molecule has 1 nitrogen and oxygen atoms in total. The van der Waals surface area contributed by atoms with Crippen molar-refractivity contribution in [3.8, 4) is 0 Å². The molecule has 2 aromatic carbocycles. The first-order valence-corrected chi connectivity index (χ1v) is 11.8. The number of hydrogen-bond acceptors (Lipinski definition) is 3. The van der Waals surface area contributed by atoms with Crippen molar-refractivity contribution in [3.63, 3.8) is 0 Å². The zero-order valence-electron chi connectivity index (χ0n) is 18.1. The van der Waals surface area contributed by atoms with E-state index in [1.54, 1.807) is 0 Å². The number of thiophene rings is 1. The summed E-state index contributed by atoms with van der Waals surface area (Å²) in [6.45, 7) is 16.2. The Labute approximate surface area is 177 Å². The largest absolute Gasteiger partial charge is 0.258 e. The van der Waals surface area contributed by atoms with E-state index in [1.165, 1.54) is 42.4 Å². The fourth-order valence-electron chi connectivity index (χ4n) is 4.81. The first-order chi connectivity index (χ1) is 13.1. The van der Waals surface area contributed by atoms with Crippen LogP contribution in [0.15, 0.2) is 42.0 Å². The maximum absolute atomic E-state index is 3.81. The highest BCUT2D eigenvalue weighted by atomic mass is 32.2. The van der Waals surface area contributed by atoms with E-state index in [1.807, 2.05) is 23.3 Å². The molecular weight excluding hydrogens is 378 g/mol. The van der Waals surface area contributed by atoms with Crippen LogP contribution < -0.4 is 4.72 Å². The summed E-state index contributed by atoms with van der Waals surface area (Å²) in [5, 5.41) is 3.24. The maximum atomic E-state index is 3.81. The standard InChI is InChI=1S/C25H31NS2/c1-15-16(2)23(28-26-25(6,7)14-24(3,4)5)18-12-13-20-22(21(15)18)17-10-8-9-11-19(17)27-20/h8-13,23,26H,14H2,1-7H3. The van der Waals surface area contributed by atoms with E-state index in [0.29, 0.717) is 10.7 Å². The minimum atomic E-state index is 0.0963. The SMILES string of the molecule is CC1=C(C)C(SNC(C)(C)CC(C)(C)C)c2ccc3sc4ccccc4c3c21. The minimum absolute atomic E-state index is 0.0963. The second-order valence-electron chi connectivity index (χ2n) is 10.0. The third-order valence-corrected chi connectivity index (χ3v) is 8.29. The molecule has 0 spiro atoms. The second kappa shape index (κ2) is 6.90. The molecule has 0 fully saturated rings. The summed E-state index contributed by atoms with van der Waals surface area (Å²) in [6.07, 6.45) is 1.14. The highest BCUT2D eigenvalue weighted by molar-refractivity contribution is 7.97. The van der Waals surface area contributed by atoms with Gasteiger partial charge in [0.15, 0.2) is 0 Å². The molecule has 28 heavy (non-hydrogen) atoms. The lowest BCUT2D eigenvalue weighted by Gasteiger charge is -2.34. The van der Waals surface area contributed by atoms with Crippen LogP contribution in [0.4, 0.5) is 0 Å². The molecule has 3 aromatic rings. The van der Waals surface area contributed by atoms with Crippen molar-refractivity contribution >= 4 is 49.0 Å². The van der Waals surface area contributed by atoms with Crippen molar-refractivity contribution in [2.24, 2.45) is 5.41 Å². The third-order valence-electron chi connectivity index (χ3n) is 5.64. The number of fused-ring (bicyclic) bond motifs is 5. The van der Waals surface area contributed by atoms with Crippen LogP contribution in [0, 0.1) is 5.41 Å². The molecule has 148 valence electrons. The van der Waals surface area contributed by atoms with E-state index in [0.717, 1.165) is 6.42 Å². The third kappa shape index (κ3) is 3.53. The Bertz CT molecular complexity index is 1080. The quantitative estimate of drug-likeness (QED) is 0.434. The van der Waals surface area contributed by atoms with Gasteiger partial charge in [-0.3, -0.25) is 4.72 Å². The Hall–Kier alpha value is -1.29. The highest BCUT2D eigenvalue weighted by Gasteiger charge is 2.32. The van der Waals surface area contributed by atoms with E-state index in [9.17, 15) is 0 Å². The minimum Gasteiger partial charge on any atom is -0.258 e. The molecule has 3 heteroatoms. The second-order valence-corrected chi connectivity index (χ2v) is 12.0. The van der Waals surface area contributed by atoms with E-state index in [-0.39, 0.29) is 5.54 Å². The summed E-state index contributed by atoms with van der Waals surface area (Å²) in [4.78, 5) is 0. The van der Waals surface area contributed by atoms with Gasteiger partial charge in [-0.25, -0.2) is 0 Å². The van der Waals surface area contributed by atoms with Gasteiger partial charge >= 0.3 is 0 Å². The van der Waals surface area contributed by atoms with Gasteiger partial charge in [0.2, 0.25) is 0 Å². The topological polar surface area (TPSA) is 12.0 Å². The van der Waals surface area contributed by atoms with Gasteiger partial charge in [0.25, 0.3) is 0 Å². The molecule has 1 aliphatic rings. The molecule has 1 aliphatic carbocycles. The van der Waals surface area contributed by atoms with Gasteiger partial charge in [0.1, 0.15) is 0 Å². The molecule has 1 atom stereocenters. The molecular formula is C25H31NS2. The van der Waals surface area contributed by atoms with Gasteiger partial charge < -0.3 is 0 Å². The van der Waals surface area contributed by atoms with Crippen LogP contribution in [-0.2, 0) is 0 Å². The van der Waals surface area contributed by atoms with Gasteiger partial charge in [-0.2, -0.15) is 0 Å². The predicted molar refractivity (Wildman–Crippen MR) is 129 cm³/mol. The normalized spacial score (nSPS) is 17.8. The van der Waals surface area contributed by atoms with Crippen molar-refractivity contribution in [3.05, 3.63) is 53.1 Å². The molecule has 1 N–H and O–H groups in total. The van der Waals surface area contributed by atoms with Crippen molar-refractivity contribution in [1.82, 2.24) is 4.72 Å². The molecule has 0 amide bonds. The molecule has 1 heterocycles. The maximum Gasteiger partial charge on any atom is 0.0661 e. The van der Waals surface area contributed by atoms with Crippen molar-refractivity contribution in [2.45, 2.75) is 65.7 Å². The van der Waals surface area contributed by atoms with Gasteiger partial charge in [0.05, 0.1) is 5.25 Å². The van der Waals surface area contributed by atoms with Gasteiger partial charge in [-0.15, -0.1) is 11.3 Å². The Morgan fingerprint density at radius 3 is 2.39 bits per heavy atom. The molecule has 1 unspecified atom stereocenters. The molecule has 4 rings (SSSR count). The first kappa shape index (κ1) is 20.0. The molecule has 0 bridgehead atoms. The highest BCUT2D eigenvalue weighted by Crippen LogP contribution is 2.52. The number of benzene rings is 2. The van der Waals surface area contributed by atoms with Crippen LogP contribution in [0.1, 0.15) is 71.3 Å². The molecule has 0 saturated heterocycles. The van der Waals surface area contributed by atoms with Crippen LogP contribution in [0.5, 0.6) is 0 Å². The number of rotatable bonds is 4. The van der Waals surface area contributed by atoms with Crippen LogP contribution in [0.3, 0.4) is 0 Å². The van der Waals surface area contributed by atoms with E-state index < -0.39 is 0 Å². The van der Waals surface area contributed by atoms with E-state index in [4.69, 9.17) is 0 Å². The van der Waals surface area contributed by atoms with Crippen molar-refractivity contribution < 1.29 is 0 Å². The summed E-state index contributed by atoms with van der Waals surface area (Å²) < 4.78 is 6.60. The van der Waals surface area contributed by atoms with Crippen molar-refractivity contribution in [1.29, 1.82) is 0 Å². The fourth-order valence-corrected chi connectivity index (χ4v) is 7.11. The lowest BCUT2D eigenvalue weighted by Crippen LogP contribution is -2.38. The van der Waals surface area contributed by atoms with Crippen LogP contribution in [0.25, 0.3) is 25.7 Å². The lowest BCUT2D eigenvalue weighted by atomic mass is 9.82. The van der Waals surface area contributed by atoms with Gasteiger partial charge in [0, 0.05) is 25.7 Å². The zero-order valence-corrected chi connectivity index (χ0v) is 19.7. The zero-order chi connectivity index (χ0) is 20.3. The van der Waals surface area contributed by atoms with Gasteiger partial charge in [-0.05, 0) is 68.4 Å². The van der Waals surface area contributed by atoms with E-state index >= 15 is 0 Å². The molecule has 1 aromatic heterocycles. The summed E-state index contributed by atoms with van der Waals surface area (Å²) in [5.74, 6) is 0. The smallest absolute Gasteiger partial charge is 0.0661 e. The summed E-state index contributed by atoms with van der Waals surface area (Å²) in [7, 11) is 0. The van der Waals surface area contributed by atoms with Gasteiger partial charge in [-0.1, -0.05) is 62.6 Å². The molecule has 0 radical (unpaired) electrons. The molecule has 0 aliphatic heterocycles. The average Bonchev–Trinajstić information content (AvgIpc) is 3.07. The Balaban J connectivity index is 1.73. The molecule has 0 saturated carbocycles. The Kier molecular flexibility index (Phi) is 4.93. The fraction of sp³-hybridized carbons (Fsp3) is 0.440. The van der Waals surface area contributed by atoms with Crippen LogP contribution >= 0.6 is 23.3 Å². The first-order valence-electron chi connectivity index (χ1n) is 10.1. The summed E-state index contributed by atoms with van der Waals surface area (Å²) in [5.41, 5.74) is 6.29. The number of nitrogens with one attached hydrogen (secondary N) is 1. The number of allylic oxidation sites excluding steroid dienone is 1. The van der Waals surface area contributed by atoms with Crippen LogP contribution in [0.2, 0.25) is 0 Å². The Morgan fingerprint density at radius 2 is 1.68 bits per heavy atom. The lowest BCUT2D eigenvalue weighted by molar-refractivity contribution is 0.273. The predicted octanol–water partition coefficient (Wildman–Crippen LogP) is 8.36. The van der Waals surface area contributed by atoms with Crippen LogP contribution in [-0.4, -0.2) is 5.54 Å². The average molecular weight is 410 g/mol. The summed E-state index contributed by atoms with van der Waals surface area (Å²) in [6, 6.07) is 13.5. The van der Waals surface area contributed by atoms with Crippen molar-refractivity contribution in [2.75, 3.05) is 0 Å². The number of hydrogen-bond donors (Lipinski definition) is 1. The van der Waals surface area contributed by atoms with E-state index in [2.05, 4.69) is 89.6 Å².